The lowest BCUT2D eigenvalue weighted by atomic mass is 10.1. The van der Waals surface area contributed by atoms with Gasteiger partial charge in [-0.15, -0.1) is 0 Å². The highest BCUT2D eigenvalue weighted by molar-refractivity contribution is 5.81. The minimum Gasteiger partial charge on any atom is -0.389 e. The van der Waals surface area contributed by atoms with Crippen LogP contribution in [0.3, 0.4) is 0 Å². The number of anilines is 1. The van der Waals surface area contributed by atoms with Crippen LogP contribution in [0, 0.1) is 0 Å². The quantitative estimate of drug-likeness (QED) is 0.855. The van der Waals surface area contributed by atoms with Crippen LogP contribution in [0.2, 0.25) is 0 Å². The van der Waals surface area contributed by atoms with Gasteiger partial charge in [-0.05, 0) is 19.4 Å². The number of likely N-dealkylation sites (N-methyl/N-ethyl adjacent to an activating group) is 1. The van der Waals surface area contributed by atoms with Gasteiger partial charge in [0.25, 0.3) is 0 Å². The topological polar surface area (TPSA) is 43.8 Å². The fourth-order valence-corrected chi connectivity index (χ4v) is 1.99. The fraction of sp³-hybridized carbons (Fsp3) is 0.533. The van der Waals surface area contributed by atoms with Crippen LogP contribution in [0.25, 0.3) is 0 Å². The molecule has 4 nitrogen and oxygen atoms in total. The number of benzene rings is 1. The first-order chi connectivity index (χ1) is 8.97. The number of aliphatic hydroxyl groups excluding tert-OH is 1. The summed E-state index contributed by atoms with van der Waals surface area (Å²) < 4.78 is 0. The molecule has 1 atom stereocenters. The van der Waals surface area contributed by atoms with Crippen LogP contribution in [0.4, 0.5) is 5.69 Å². The van der Waals surface area contributed by atoms with Gasteiger partial charge < -0.3 is 14.9 Å². The molecular weight excluding hydrogens is 240 g/mol. The molecule has 1 rings (SSSR count). The molecule has 0 aliphatic heterocycles. The maximum absolute atomic E-state index is 11.9. The van der Waals surface area contributed by atoms with E-state index in [1.54, 1.807) is 25.9 Å². The van der Waals surface area contributed by atoms with Crippen LogP contribution in [0.5, 0.6) is 0 Å². The van der Waals surface area contributed by atoms with Crippen molar-refractivity contribution < 1.29 is 9.90 Å². The van der Waals surface area contributed by atoms with Gasteiger partial charge in [-0.25, -0.2) is 0 Å². The van der Waals surface area contributed by atoms with Gasteiger partial charge in [0.15, 0.2) is 0 Å². The van der Waals surface area contributed by atoms with E-state index in [4.69, 9.17) is 0 Å². The molecule has 0 bridgehead atoms. The molecule has 0 unspecified atom stereocenters. The van der Waals surface area contributed by atoms with Gasteiger partial charge in [0, 0.05) is 31.9 Å². The Morgan fingerprint density at radius 3 is 2.47 bits per heavy atom. The standard InChI is InChI=1S/C15H24N2O2/c1-5-10-17(11-15(19)16(3)4)14-9-7-6-8-13(14)12(2)18/h6-9,12,18H,5,10-11H2,1-4H3/t12-/m0/s1. The molecule has 0 aromatic heterocycles. The first kappa shape index (κ1) is 15.5. The molecule has 1 amide bonds. The monoisotopic (exact) mass is 264 g/mol. The number of nitrogens with zero attached hydrogens (tertiary/aromatic N) is 2. The van der Waals surface area contributed by atoms with E-state index in [2.05, 4.69) is 6.92 Å². The normalized spacial score (nSPS) is 12.1. The second-order valence-electron chi connectivity index (χ2n) is 4.94. The Balaban J connectivity index is 3.02. The summed E-state index contributed by atoms with van der Waals surface area (Å²) >= 11 is 0. The molecule has 0 aliphatic carbocycles. The summed E-state index contributed by atoms with van der Waals surface area (Å²) in [5, 5.41) is 9.84. The Hall–Kier alpha value is -1.55. The van der Waals surface area contributed by atoms with Crippen molar-refractivity contribution in [2.45, 2.75) is 26.4 Å². The van der Waals surface area contributed by atoms with Gasteiger partial charge in [0.1, 0.15) is 0 Å². The van der Waals surface area contributed by atoms with Crippen molar-refractivity contribution in [3.05, 3.63) is 29.8 Å². The van der Waals surface area contributed by atoms with Crippen molar-refractivity contribution in [2.24, 2.45) is 0 Å². The third-order valence-electron chi connectivity index (χ3n) is 3.05. The zero-order valence-corrected chi connectivity index (χ0v) is 12.3. The number of para-hydroxylation sites is 1. The van der Waals surface area contributed by atoms with Gasteiger partial charge in [-0.3, -0.25) is 4.79 Å². The van der Waals surface area contributed by atoms with Crippen molar-refractivity contribution in [1.29, 1.82) is 0 Å². The Morgan fingerprint density at radius 1 is 1.32 bits per heavy atom. The average Bonchev–Trinajstić information content (AvgIpc) is 2.37. The van der Waals surface area contributed by atoms with Gasteiger partial charge in [-0.1, -0.05) is 25.1 Å². The molecule has 0 saturated heterocycles. The maximum atomic E-state index is 11.9. The van der Waals surface area contributed by atoms with E-state index >= 15 is 0 Å². The second kappa shape index (κ2) is 7.14. The van der Waals surface area contributed by atoms with E-state index in [-0.39, 0.29) is 5.91 Å². The van der Waals surface area contributed by atoms with Gasteiger partial charge in [0.05, 0.1) is 12.6 Å². The summed E-state index contributed by atoms with van der Waals surface area (Å²) in [6.45, 7) is 4.96. The minimum absolute atomic E-state index is 0.0637. The predicted octanol–water partition coefficient (Wildman–Crippen LogP) is 2.04. The van der Waals surface area contributed by atoms with Crippen LogP contribution in [0.1, 0.15) is 31.9 Å². The third kappa shape index (κ3) is 4.24. The molecule has 4 heteroatoms. The molecule has 106 valence electrons. The first-order valence-electron chi connectivity index (χ1n) is 6.69. The van der Waals surface area contributed by atoms with Crippen molar-refractivity contribution >= 4 is 11.6 Å². The Bertz CT molecular complexity index is 416. The highest BCUT2D eigenvalue weighted by Crippen LogP contribution is 2.26. The summed E-state index contributed by atoms with van der Waals surface area (Å²) in [4.78, 5) is 15.5. The molecule has 0 saturated carbocycles. The Kier molecular flexibility index (Phi) is 5.83. The molecule has 19 heavy (non-hydrogen) atoms. The molecule has 1 aromatic rings. The maximum Gasteiger partial charge on any atom is 0.241 e. The fourth-order valence-electron chi connectivity index (χ4n) is 1.99. The Labute approximate surface area is 115 Å². The predicted molar refractivity (Wildman–Crippen MR) is 78.3 cm³/mol. The van der Waals surface area contributed by atoms with Crippen molar-refractivity contribution in [3.8, 4) is 0 Å². The zero-order valence-electron chi connectivity index (χ0n) is 12.3. The molecule has 0 fully saturated rings. The largest absolute Gasteiger partial charge is 0.389 e. The van der Waals surface area contributed by atoms with E-state index in [1.165, 1.54) is 0 Å². The number of rotatable bonds is 6. The lowest BCUT2D eigenvalue weighted by Crippen LogP contribution is -2.37. The number of aliphatic hydroxyl groups is 1. The van der Waals surface area contributed by atoms with E-state index in [0.29, 0.717) is 6.54 Å². The second-order valence-corrected chi connectivity index (χ2v) is 4.94. The smallest absolute Gasteiger partial charge is 0.241 e. The molecule has 0 spiro atoms. The molecule has 0 aliphatic rings. The van der Waals surface area contributed by atoms with Crippen LogP contribution in [0.15, 0.2) is 24.3 Å². The van der Waals surface area contributed by atoms with Crippen LogP contribution < -0.4 is 4.90 Å². The number of carbonyl (C=O) groups excluding carboxylic acids is 1. The summed E-state index contributed by atoms with van der Waals surface area (Å²) in [5.41, 5.74) is 1.80. The number of amides is 1. The summed E-state index contributed by atoms with van der Waals surface area (Å²) in [6.07, 6.45) is 0.416. The van der Waals surface area contributed by atoms with Gasteiger partial charge in [-0.2, -0.15) is 0 Å². The number of hydrogen-bond donors (Lipinski definition) is 1. The summed E-state index contributed by atoms with van der Waals surface area (Å²) in [6, 6.07) is 7.71. The highest BCUT2D eigenvalue weighted by atomic mass is 16.3. The van der Waals surface area contributed by atoms with Crippen molar-refractivity contribution in [1.82, 2.24) is 4.90 Å². The van der Waals surface area contributed by atoms with E-state index in [1.807, 2.05) is 29.2 Å². The highest BCUT2D eigenvalue weighted by Gasteiger charge is 2.16. The average molecular weight is 264 g/mol. The summed E-state index contributed by atoms with van der Waals surface area (Å²) in [7, 11) is 3.51. The molecular formula is C15H24N2O2. The van der Waals surface area contributed by atoms with Gasteiger partial charge in [0.2, 0.25) is 5.91 Å². The number of hydrogen-bond acceptors (Lipinski definition) is 3. The van der Waals surface area contributed by atoms with Crippen molar-refractivity contribution in [3.63, 3.8) is 0 Å². The first-order valence-corrected chi connectivity index (χ1v) is 6.69. The lowest BCUT2D eigenvalue weighted by molar-refractivity contribution is -0.127. The Morgan fingerprint density at radius 2 is 1.95 bits per heavy atom. The van der Waals surface area contributed by atoms with Crippen LogP contribution >= 0.6 is 0 Å². The van der Waals surface area contributed by atoms with Crippen LogP contribution in [-0.4, -0.2) is 43.1 Å². The van der Waals surface area contributed by atoms with E-state index in [9.17, 15) is 9.90 Å². The molecule has 1 N–H and O–H groups in total. The third-order valence-corrected chi connectivity index (χ3v) is 3.05. The SMILES string of the molecule is CCCN(CC(=O)N(C)C)c1ccccc1[C@H](C)O. The molecule has 1 aromatic carbocycles. The van der Waals surface area contributed by atoms with Crippen molar-refractivity contribution in [2.75, 3.05) is 32.1 Å². The molecule has 0 radical (unpaired) electrons. The minimum atomic E-state index is -0.537. The molecule has 0 heterocycles. The van der Waals surface area contributed by atoms with Gasteiger partial charge >= 0.3 is 0 Å². The van der Waals surface area contributed by atoms with E-state index in [0.717, 1.165) is 24.2 Å². The zero-order chi connectivity index (χ0) is 14.4. The lowest BCUT2D eigenvalue weighted by Gasteiger charge is -2.28. The summed E-state index contributed by atoms with van der Waals surface area (Å²) in [5.74, 6) is 0.0637. The van der Waals surface area contributed by atoms with E-state index < -0.39 is 6.10 Å². The number of carbonyl (C=O) groups is 1. The van der Waals surface area contributed by atoms with Crippen LogP contribution in [-0.2, 0) is 4.79 Å².